The fourth-order valence-electron chi connectivity index (χ4n) is 2.63. The Kier molecular flexibility index (Phi) is 5.56. The smallest absolute Gasteiger partial charge is 0.216 e. The Hall–Kier alpha value is -3.13. The number of aromatic hydroxyl groups is 1. The van der Waals surface area contributed by atoms with Crippen molar-refractivity contribution < 1.29 is 14.6 Å². The normalized spacial score (nSPS) is 11.1. The number of benzene rings is 2. The summed E-state index contributed by atoms with van der Waals surface area (Å²) in [6.07, 6.45) is 1.49. The van der Waals surface area contributed by atoms with E-state index in [4.69, 9.17) is 21.7 Å². The average Bonchev–Trinajstić information content (AvgIpc) is 2.98. The van der Waals surface area contributed by atoms with Gasteiger partial charge in [-0.25, -0.2) is 5.10 Å². The molecule has 1 heterocycles. The molecule has 7 nitrogen and oxygen atoms in total. The molecule has 0 amide bonds. The Bertz CT molecular complexity index is 1020. The summed E-state index contributed by atoms with van der Waals surface area (Å²) in [5.74, 6) is 1.64. The standard InChI is InChI=1S/C19H20N4O3S/c1-12-7-13(2)9-15(8-12)26-11-17-21-22-19(27)23(17)20-10-14-5-4-6-16(25-3)18(14)24/h4-10,24H,11H2,1-3H3,(H,22,27)/b20-10+. The second-order valence-corrected chi connectivity index (χ2v) is 6.40. The number of aromatic amines is 1. The van der Waals surface area contributed by atoms with Gasteiger partial charge in [0.1, 0.15) is 12.4 Å². The Morgan fingerprint density at radius 2 is 2.00 bits per heavy atom. The number of methoxy groups -OCH3 is 1. The molecule has 140 valence electrons. The first-order valence-electron chi connectivity index (χ1n) is 8.25. The molecule has 2 aromatic carbocycles. The van der Waals surface area contributed by atoms with Crippen LogP contribution in [-0.4, -0.2) is 33.3 Å². The molecule has 0 aliphatic carbocycles. The number of hydrogen-bond acceptors (Lipinski definition) is 6. The van der Waals surface area contributed by atoms with E-state index in [1.165, 1.54) is 18.0 Å². The van der Waals surface area contributed by atoms with Crippen molar-refractivity contribution in [2.45, 2.75) is 20.5 Å². The van der Waals surface area contributed by atoms with Gasteiger partial charge in [0.2, 0.25) is 4.77 Å². The molecule has 3 rings (SSSR count). The third kappa shape index (κ3) is 4.35. The Morgan fingerprint density at radius 1 is 1.26 bits per heavy atom. The maximum Gasteiger partial charge on any atom is 0.216 e. The van der Waals surface area contributed by atoms with Crippen molar-refractivity contribution >= 4 is 18.4 Å². The van der Waals surface area contributed by atoms with E-state index >= 15 is 0 Å². The summed E-state index contributed by atoms with van der Waals surface area (Å²) in [6, 6.07) is 11.1. The summed E-state index contributed by atoms with van der Waals surface area (Å²) < 4.78 is 12.7. The van der Waals surface area contributed by atoms with Crippen LogP contribution in [0.25, 0.3) is 0 Å². The van der Waals surface area contributed by atoms with Gasteiger partial charge in [0.15, 0.2) is 17.3 Å². The van der Waals surface area contributed by atoms with Crippen LogP contribution in [0.2, 0.25) is 0 Å². The van der Waals surface area contributed by atoms with E-state index in [-0.39, 0.29) is 12.4 Å². The molecule has 0 saturated carbocycles. The molecule has 0 aliphatic heterocycles. The van der Waals surface area contributed by atoms with Crippen LogP contribution in [0.4, 0.5) is 0 Å². The molecular weight excluding hydrogens is 364 g/mol. The quantitative estimate of drug-likeness (QED) is 0.500. The van der Waals surface area contributed by atoms with Crippen LogP contribution in [0.15, 0.2) is 41.5 Å². The summed E-state index contributed by atoms with van der Waals surface area (Å²) in [5, 5.41) is 21.3. The topological polar surface area (TPSA) is 84.7 Å². The number of nitrogens with one attached hydrogen (secondary N) is 1. The lowest BCUT2D eigenvalue weighted by atomic mass is 10.1. The largest absolute Gasteiger partial charge is 0.504 e. The molecule has 2 N–H and O–H groups in total. The number of para-hydroxylation sites is 1. The van der Waals surface area contributed by atoms with E-state index in [0.717, 1.165) is 16.9 Å². The lowest BCUT2D eigenvalue weighted by molar-refractivity contribution is 0.290. The van der Waals surface area contributed by atoms with Crippen LogP contribution in [-0.2, 0) is 6.61 Å². The fraction of sp³-hybridized carbons (Fsp3) is 0.211. The average molecular weight is 384 g/mol. The van der Waals surface area contributed by atoms with Crippen LogP contribution in [0, 0.1) is 18.6 Å². The first kappa shape index (κ1) is 18.7. The van der Waals surface area contributed by atoms with Gasteiger partial charge in [0.05, 0.1) is 13.3 Å². The van der Waals surface area contributed by atoms with Gasteiger partial charge >= 0.3 is 0 Å². The van der Waals surface area contributed by atoms with Gasteiger partial charge in [-0.2, -0.15) is 14.9 Å². The van der Waals surface area contributed by atoms with Crippen molar-refractivity contribution in [3.05, 3.63) is 63.7 Å². The highest BCUT2D eigenvalue weighted by Gasteiger charge is 2.09. The highest BCUT2D eigenvalue weighted by Crippen LogP contribution is 2.28. The van der Waals surface area contributed by atoms with Crippen molar-refractivity contribution in [1.29, 1.82) is 0 Å². The van der Waals surface area contributed by atoms with Gasteiger partial charge < -0.3 is 14.6 Å². The molecule has 0 atom stereocenters. The molecule has 0 aliphatic rings. The van der Waals surface area contributed by atoms with Crippen LogP contribution in [0.5, 0.6) is 17.2 Å². The monoisotopic (exact) mass is 384 g/mol. The van der Waals surface area contributed by atoms with Gasteiger partial charge in [0, 0.05) is 5.56 Å². The number of nitrogens with zero attached hydrogens (tertiary/aromatic N) is 3. The number of ether oxygens (including phenoxy) is 2. The SMILES string of the molecule is COc1cccc(/C=N/n2c(COc3cc(C)cc(C)c3)n[nH]c2=S)c1O. The summed E-state index contributed by atoms with van der Waals surface area (Å²) in [4.78, 5) is 0. The highest BCUT2D eigenvalue weighted by atomic mass is 32.1. The van der Waals surface area contributed by atoms with Gasteiger partial charge in [-0.1, -0.05) is 12.1 Å². The minimum Gasteiger partial charge on any atom is -0.504 e. The molecule has 0 unspecified atom stereocenters. The van der Waals surface area contributed by atoms with E-state index < -0.39 is 0 Å². The molecule has 0 bridgehead atoms. The molecular formula is C19H20N4O3S. The van der Waals surface area contributed by atoms with E-state index in [0.29, 0.717) is 21.9 Å². The van der Waals surface area contributed by atoms with Gasteiger partial charge in [0.25, 0.3) is 0 Å². The lowest BCUT2D eigenvalue weighted by Crippen LogP contribution is -2.04. The van der Waals surface area contributed by atoms with Gasteiger partial charge in [-0.15, -0.1) is 0 Å². The molecule has 0 fully saturated rings. The molecule has 27 heavy (non-hydrogen) atoms. The number of phenols is 1. The number of phenolic OH excluding ortho intramolecular Hbond substituents is 1. The number of rotatable bonds is 6. The predicted molar refractivity (Wildman–Crippen MR) is 105 cm³/mol. The summed E-state index contributed by atoms with van der Waals surface area (Å²) in [7, 11) is 1.49. The van der Waals surface area contributed by atoms with Gasteiger partial charge in [-0.05, 0) is 61.5 Å². The predicted octanol–water partition coefficient (Wildman–Crippen LogP) is 3.73. The molecule has 0 saturated heterocycles. The van der Waals surface area contributed by atoms with E-state index in [1.807, 2.05) is 26.0 Å². The van der Waals surface area contributed by atoms with Gasteiger partial charge in [-0.3, -0.25) is 0 Å². The molecule has 8 heteroatoms. The lowest BCUT2D eigenvalue weighted by Gasteiger charge is -2.08. The summed E-state index contributed by atoms with van der Waals surface area (Å²) in [5.41, 5.74) is 2.74. The number of aromatic nitrogens is 3. The van der Waals surface area contributed by atoms with E-state index in [1.54, 1.807) is 18.2 Å². The molecule has 0 spiro atoms. The second-order valence-electron chi connectivity index (χ2n) is 6.01. The van der Waals surface area contributed by atoms with Crippen LogP contribution >= 0.6 is 12.2 Å². The van der Waals surface area contributed by atoms with E-state index in [2.05, 4.69) is 21.4 Å². The third-order valence-corrected chi connectivity index (χ3v) is 4.11. The van der Waals surface area contributed by atoms with E-state index in [9.17, 15) is 5.11 Å². The molecule has 3 aromatic rings. The third-order valence-electron chi connectivity index (χ3n) is 3.84. The molecule has 0 radical (unpaired) electrons. The molecule has 1 aromatic heterocycles. The Balaban J connectivity index is 1.82. The van der Waals surface area contributed by atoms with Crippen molar-refractivity contribution in [1.82, 2.24) is 14.9 Å². The van der Waals surface area contributed by atoms with Crippen LogP contribution < -0.4 is 9.47 Å². The number of H-pyrrole nitrogens is 1. The van der Waals surface area contributed by atoms with Crippen molar-refractivity contribution in [3.8, 4) is 17.2 Å². The summed E-state index contributed by atoms with van der Waals surface area (Å²) >= 11 is 5.23. The first-order chi connectivity index (χ1) is 13.0. The number of aryl methyl sites for hydroxylation is 2. The van der Waals surface area contributed by atoms with Crippen molar-refractivity contribution in [2.75, 3.05) is 7.11 Å². The minimum absolute atomic E-state index is 0.00630. The Morgan fingerprint density at radius 3 is 2.70 bits per heavy atom. The zero-order valence-corrected chi connectivity index (χ0v) is 16.1. The van der Waals surface area contributed by atoms with Crippen molar-refractivity contribution in [2.24, 2.45) is 5.10 Å². The highest BCUT2D eigenvalue weighted by molar-refractivity contribution is 7.71. The Labute approximate surface area is 161 Å². The fourth-order valence-corrected chi connectivity index (χ4v) is 2.83. The zero-order valence-electron chi connectivity index (χ0n) is 15.3. The summed E-state index contributed by atoms with van der Waals surface area (Å²) in [6.45, 7) is 4.22. The second kappa shape index (κ2) is 8.05. The minimum atomic E-state index is 0.00630. The van der Waals surface area contributed by atoms with Crippen LogP contribution in [0.3, 0.4) is 0 Å². The maximum absolute atomic E-state index is 10.2. The zero-order chi connectivity index (χ0) is 19.4. The maximum atomic E-state index is 10.2. The number of hydrogen-bond donors (Lipinski definition) is 2. The van der Waals surface area contributed by atoms with Crippen molar-refractivity contribution in [3.63, 3.8) is 0 Å². The van der Waals surface area contributed by atoms with Crippen LogP contribution in [0.1, 0.15) is 22.5 Å². The first-order valence-corrected chi connectivity index (χ1v) is 8.66.